The molecule has 0 aromatic carbocycles. The number of nitrogens with zero attached hydrogens (tertiary/aromatic N) is 2. The molecule has 2 aliphatic rings. The van der Waals surface area contributed by atoms with Gasteiger partial charge >= 0.3 is 0 Å². The van der Waals surface area contributed by atoms with Crippen molar-refractivity contribution in [2.24, 2.45) is 5.92 Å². The summed E-state index contributed by atoms with van der Waals surface area (Å²) < 4.78 is 0. The first kappa shape index (κ1) is 17.2. The summed E-state index contributed by atoms with van der Waals surface area (Å²) in [4.78, 5) is 21.7. The van der Waals surface area contributed by atoms with Crippen LogP contribution in [0.3, 0.4) is 0 Å². The predicted octanol–water partition coefficient (Wildman–Crippen LogP) is 2.47. The molecule has 2 aliphatic carbocycles. The highest BCUT2D eigenvalue weighted by Gasteiger charge is 2.35. The lowest BCUT2D eigenvalue weighted by molar-refractivity contribution is 0.0237. The minimum absolute atomic E-state index is 0.0168. The van der Waals surface area contributed by atoms with Crippen LogP contribution in [0.4, 0.5) is 0 Å². The summed E-state index contributed by atoms with van der Waals surface area (Å²) in [5, 5.41) is 12.9. The van der Waals surface area contributed by atoms with Crippen LogP contribution in [0, 0.1) is 5.92 Å². The molecule has 26 heavy (non-hydrogen) atoms. The maximum absolute atomic E-state index is 12.8. The van der Waals surface area contributed by atoms with Crippen molar-refractivity contribution in [3.8, 4) is 0 Å². The van der Waals surface area contributed by atoms with E-state index in [1.807, 2.05) is 24.3 Å². The summed E-state index contributed by atoms with van der Waals surface area (Å²) in [6.45, 7) is 0. The molecule has 0 aliphatic heterocycles. The van der Waals surface area contributed by atoms with Crippen molar-refractivity contribution >= 4 is 5.91 Å². The Morgan fingerprint density at radius 1 is 1.23 bits per heavy atom. The van der Waals surface area contributed by atoms with E-state index in [0.717, 1.165) is 37.1 Å². The molecule has 0 bridgehead atoms. The van der Waals surface area contributed by atoms with Crippen molar-refractivity contribution in [3.05, 3.63) is 59.2 Å². The van der Waals surface area contributed by atoms with Gasteiger partial charge in [-0.25, -0.2) is 0 Å². The fourth-order valence-electron chi connectivity index (χ4n) is 4.00. The Morgan fingerprint density at radius 3 is 2.85 bits per heavy atom. The number of nitrogens with one attached hydrogen (secondary N) is 1. The van der Waals surface area contributed by atoms with Crippen LogP contribution >= 0.6 is 0 Å². The zero-order valence-electron chi connectivity index (χ0n) is 14.9. The molecule has 5 nitrogen and oxygen atoms in total. The molecule has 1 saturated carbocycles. The molecule has 2 aromatic heterocycles. The Balaban J connectivity index is 1.48. The molecule has 2 heterocycles. The number of carbonyl (C=O) groups is 1. The van der Waals surface area contributed by atoms with Gasteiger partial charge in [0.2, 0.25) is 0 Å². The van der Waals surface area contributed by atoms with Gasteiger partial charge < -0.3 is 10.4 Å². The Labute approximate surface area is 153 Å². The monoisotopic (exact) mass is 351 g/mol. The van der Waals surface area contributed by atoms with Crippen LogP contribution in [0.2, 0.25) is 0 Å². The molecule has 0 unspecified atom stereocenters. The number of aliphatic hydroxyl groups excluding tert-OH is 1. The molecule has 136 valence electrons. The van der Waals surface area contributed by atoms with Crippen LogP contribution in [0.25, 0.3) is 0 Å². The number of carbonyl (C=O) groups excluding carboxylic acids is 1. The number of rotatable bonds is 5. The molecule has 2 aromatic rings. The molecule has 0 radical (unpaired) electrons. The van der Waals surface area contributed by atoms with E-state index in [4.69, 9.17) is 0 Å². The second-order valence-corrected chi connectivity index (χ2v) is 7.53. The second kappa shape index (κ2) is 7.54. The summed E-state index contributed by atoms with van der Waals surface area (Å²) in [5.41, 5.74) is 3.95. The molecule has 2 N–H and O–H groups in total. The molecule has 1 amide bonds. The van der Waals surface area contributed by atoms with Gasteiger partial charge in [-0.05, 0) is 68.2 Å². The summed E-state index contributed by atoms with van der Waals surface area (Å²) in [5.74, 6) is 0.217. The molecule has 1 fully saturated rings. The van der Waals surface area contributed by atoms with Gasteiger partial charge in [-0.1, -0.05) is 6.07 Å². The largest absolute Gasteiger partial charge is 0.393 e. The maximum atomic E-state index is 12.8. The molecular formula is C21H25N3O2. The van der Waals surface area contributed by atoms with E-state index in [0.29, 0.717) is 17.9 Å². The lowest BCUT2D eigenvalue weighted by atomic mass is 9.76. The van der Waals surface area contributed by atoms with Gasteiger partial charge in [-0.15, -0.1) is 0 Å². The first-order valence-corrected chi connectivity index (χ1v) is 9.55. The third-order valence-electron chi connectivity index (χ3n) is 5.62. The molecule has 0 saturated heterocycles. The fraction of sp³-hybridized carbons (Fsp3) is 0.476. The number of aromatic nitrogens is 2. The van der Waals surface area contributed by atoms with E-state index in [1.165, 1.54) is 18.4 Å². The van der Waals surface area contributed by atoms with Crippen LogP contribution in [-0.4, -0.2) is 33.1 Å². The minimum atomic E-state index is -0.242. The fourth-order valence-corrected chi connectivity index (χ4v) is 4.00. The topological polar surface area (TPSA) is 75.1 Å². The van der Waals surface area contributed by atoms with E-state index >= 15 is 0 Å². The predicted molar refractivity (Wildman–Crippen MR) is 98.8 cm³/mol. The third kappa shape index (κ3) is 3.78. The number of hydrogen-bond donors (Lipinski definition) is 2. The van der Waals surface area contributed by atoms with Crippen LogP contribution in [0.1, 0.15) is 53.0 Å². The van der Waals surface area contributed by atoms with Gasteiger partial charge in [0.25, 0.3) is 5.91 Å². The Morgan fingerprint density at radius 2 is 2.08 bits per heavy atom. The van der Waals surface area contributed by atoms with Crippen molar-refractivity contribution < 1.29 is 9.90 Å². The zero-order chi connectivity index (χ0) is 17.9. The number of aryl methyl sites for hydroxylation is 2. The van der Waals surface area contributed by atoms with Gasteiger partial charge in [0.05, 0.1) is 11.7 Å². The first-order chi connectivity index (χ1) is 12.7. The van der Waals surface area contributed by atoms with E-state index < -0.39 is 0 Å². The zero-order valence-corrected chi connectivity index (χ0v) is 14.9. The van der Waals surface area contributed by atoms with E-state index in [1.54, 1.807) is 12.4 Å². The average molecular weight is 351 g/mol. The van der Waals surface area contributed by atoms with Gasteiger partial charge in [-0.3, -0.25) is 14.8 Å². The average Bonchev–Trinajstić information content (AvgIpc) is 2.65. The minimum Gasteiger partial charge on any atom is -0.393 e. The molecule has 5 heteroatoms. The van der Waals surface area contributed by atoms with Crippen LogP contribution in [0.5, 0.6) is 0 Å². The smallest absolute Gasteiger partial charge is 0.253 e. The number of fused-ring (bicyclic) bond motifs is 1. The summed E-state index contributed by atoms with van der Waals surface area (Å²) in [6.07, 6.45) is 9.76. The van der Waals surface area contributed by atoms with Crippen molar-refractivity contribution in [1.29, 1.82) is 0 Å². The molecule has 0 spiro atoms. The van der Waals surface area contributed by atoms with E-state index in [2.05, 4.69) is 15.3 Å². The lowest BCUT2D eigenvalue weighted by Crippen LogP contribution is -2.48. The van der Waals surface area contributed by atoms with E-state index in [9.17, 15) is 9.90 Å². The highest BCUT2D eigenvalue weighted by atomic mass is 16.3. The van der Waals surface area contributed by atoms with Gasteiger partial charge in [-0.2, -0.15) is 0 Å². The van der Waals surface area contributed by atoms with Gasteiger partial charge in [0.1, 0.15) is 0 Å². The van der Waals surface area contributed by atoms with Crippen LogP contribution < -0.4 is 5.32 Å². The highest BCUT2D eigenvalue weighted by molar-refractivity contribution is 5.94. The Hall–Kier alpha value is -2.27. The molecule has 1 atom stereocenters. The maximum Gasteiger partial charge on any atom is 0.253 e. The van der Waals surface area contributed by atoms with Gasteiger partial charge in [0.15, 0.2) is 0 Å². The number of pyridine rings is 2. The van der Waals surface area contributed by atoms with E-state index in [-0.39, 0.29) is 18.1 Å². The molecule has 4 rings (SSSR count). The number of amides is 1. The van der Waals surface area contributed by atoms with Gasteiger partial charge in [0, 0.05) is 36.2 Å². The quantitative estimate of drug-likeness (QED) is 0.868. The number of aliphatic hydroxyl groups is 1. The highest BCUT2D eigenvalue weighted by Crippen LogP contribution is 2.31. The summed E-state index contributed by atoms with van der Waals surface area (Å²) in [7, 11) is 0. The standard InChI is InChI=1S/C21H25N3O2/c25-18-10-15(11-18)20(12-17-6-3-4-8-22-17)24-21(26)16-9-14-5-1-2-7-19(14)23-13-16/h3-4,6,8-9,13,15,18,20,25H,1-2,5,7,10-12H2,(H,24,26)/t15?,18?,20-/m0/s1. The van der Waals surface area contributed by atoms with Crippen molar-refractivity contribution in [2.45, 2.75) is 57.1 Å². The van der Waals surface area contributed by atoms with Crippen molar-refractivity contribution in [1.82, 2.24) is 15.3 Å². The normalized spacial score (nSPS) is 22.8. The Bertz CT molecular complexity index is 772. The SMILES string of the molecule is O=C(N[C@@H](Cc1ccccn1)C1CC(O)C1)c1cnc2c(c1)CCCC2. The van der Waals surface area contributed by atoms with Crippen molar-refractivity contribution in [3.63, 3.8) is 0 Å². The van der Waals surface area contributed by atoms with Crippen molar-refractivity contribution in [2.75, 3.05) is 0 Å². The summed E-state index contributed by atoms with van der Waals surface area (Å²) in [6, 6.07) is 7.82. The lowest BCUT2D eigenvalue weighted by Gasteiger charge is -2.38. The first-order valence-electron chi connectivity index (χ1n) is 9.55. The number of hydrogen-bond acceptors (Lipinski definition) is 4. The summed E-state index contributed by atoms with van der Waals surface area (Å²) >= 11 is 0. The second-order valence-electron chi connectivity index (χ2n) is 7.53. The Kier molecular flexibility index (Phi) is 4.98. The molecular weight excluding hydrogens is 326 g/mol. The third-order valence-corrected chi connectivity index (χ3v) is 5.62. The van der Waals surface area contributed by atoms with Crippen LogP contribution in [0.15, 0.2) is 36.7 Å². The van der Waals surface area contributed by atoms with Crippen LogP contribution in [-0.2, 0) is 19.3 Å².